The normalized spacial score (nSPS) is 17.0. The fourth-order valence-corrected chi connectivity index (χ4v) is 4.04. The molecular formula is C14H11BrF3N7OS. The standard InChI is InChI=1S/C14H11BrF3N7OS/c15-13-22-9-3-6(1-2-25(9)24-13)20-11(26)10-7(4-19-23-10)12-21-8(5-27-12)14(16,17)18/h4-6H,1-3H2,(H,19,23)(H,20,26). The van der Waals surface area contributed by atoms with Gasteiger partial charge in [0.05, 0.1) is 11.8 Å². The van der Waals surface area contributed by atoms with Gasteiger partial charge in [0.25, 0.3) is 5.91 Å². The Labute approximate surface area is 162 Å². The van der Waals surface area contributed by atoms with Gasteiger partial charge < -0.3 is 5.32 Å². The minimum absolute atomic E-state index is 0.0753. The molecule has 27 heavy (non-hydrogen) atoms. The molecule has 4 rings (SSSR count). The van der Waals surface area contributed by atoms with Gasteiger partial charge in [-0.25, -0.2) is 14.6 Å². The van der Waals surface area contributed by atoms with Crippen molar-refractivity contribution in [2.75, 3.05) is 0 Å². The number of aryl methyl sites for hydroxylation is 1. The highest BCUT2D eigenvalue weighted by Crippen LogP contribution is 2.34. The van der Waals surface area contributed by atoms with Crippen molar-refractivity contribution in [1.82, 2.24) is 35.3 Å². The first-order chi connectivity index (χ1) is 12.8. The number of H-pyrrole nitrogens is 1. The Morgan fingerprint density at radius 1 is 1.41 bits per heavy atom. The molecule has 13 heteroatoms. The topological polar surface area (TPSA) is 101 Å². The number of hydrogen-bond acceptors (Lipinski definition) is 6. The highest BCUT2D eigenvalue weighted by atomic mass is 79.9. The number of nitrogens with zero attached hydrogens (tertiary/aromatic N) is 5. The van der Waals surface area contributed by atoms with Crippen molar-refractivity contribution >= 4 is 33.2 Å². The number of carbonyl (C=O) groups is 1. The Balaban J connectivity index is 1.51. The Morgan fingerprint density at radius 2 is 2.22 bits per heavy atom. The van der Waals surface area contributed by atoms with E-state index in [1.807, 2.05) is 0 Å². The molecular weight excluding hydrogens is 451 g/mol. The number of nitrogens with one attached hydrogen (secondary N) is 2. The van der Waals surface area contributed by atoms with E-state index in [2.05, 4.69) is 46.5 Å². The van der Waals surface area contributed by atoms with Gasteiger partial charge in [0, 0.05) is 24.4 Å². The van der Waals surface area contributed by atoms with E-state index in [0.29, 0.717) is 24.1 Å². The van der Waals surface area contributed by atoms with Crippen molar-refractivity contribution in [2.24, 2.45) is 0 Å². The number of rotatable bonds is 3. The van der Waals surface area contributed by atoms with E-state index in [4.69, 9.17) is 0 Å². The van der Waals surface area contributed by atoms with E-state index in [0.717, 1.165) is 22.5 Å². The molecule has 0 fully saturated rings. The fraction of sp³-hybridized carbons (Fsp3) is 0.357. The molecule has 0 saturated carbocycles. The second kappa shape index (κ2) is 6.71. The van der Waals surface area contributed by atoms with Gasteiger partial charge in [-0.05, 0) is 22.4 Å². The van der Waals surface area contributed by atoms with Gasteiger partial charge >= 0.3 is 6.18 Å². The van der Waals surface area contributed by atoms with E-state index in [1.54, 1.807) is 4.68 Å². The number of hydrogen-bond donors (Lipinski definition) is 2. The van der Waals surface area contributed by atoms with Gasteiger partial charge in [-0.15, -0.1) is 16.4 Å². The Kier molecular flexibility index (Phi) is 4.50. The summed E-state index contributed by atoms with van der Waals surface area (Å²) in [7, 11) is 0. The van der Waals surface area contributed by atoms with Crippen LogP contribution in [0.15, 0.2) is 16.3 Å². The SMILES string of the molecule is O=C(NC1CCn2nc(Br)nc2C1)c1[nH]ncc1-c1nc(C(F)(F)F)cs1. The lowest BCUT2D eigenvalue weighted by molar-refractivity contribution is -0.140. The van der Waals surface area contributed by atoms with E-state index in [1.165, 1.54) is 6.20 Å². The van der Waals surface area contributed by atoms with E-state index < -0.39 is 17.8 Å². The van der Waals surface area contributed by atoms with Crippen LogP contribution in [0.25, 0.3) is 10.6 Å². The molecule has 0 spiro atoms. The number of halogens is 4. The van der Waals surface area contributed by atoms with Crippen LogP contribution in [0.1, 0.15) is 28.4 Å². The van der Waals surface area contributed by atoms with Crippen LogP contribution in [0.4, 0.5) is 13.2 Å². The Bertz CT molecular complexity index is 995. The third kappa shape index (κ3) is 3.60. The lowest BCUT2D eigenvalue weighted by atomic mass is 10.1. The molecule has 0 aliphatic carbocycles. The molecule has 1 aliphatic rings. The molecule has 4 heterocycles. The number of amides is 1. The zero-order chi connectivity index (χ0) is 19.2. The molecule has 8 nitrogen and oxygen atoms in total. The molecule has 1 aliphatic heterocycles. The molecule has 3 aromatic heterocycles. The van der Waals surface area contributed by atoms with Crippen LogP contribution in [-0.2, 0) is 19.1 Å². The number of alkyl halides is 3. The predicted octanol–water partition coefficient (Wildman–Crippen LogP) is 2.65. The third-order valence-electron chi connectivity index (χ3n) is 4.07. The fourth-order valence-electron chi connectivity index (χ4n) is 2.80. The summed E-state index contributed by atoms with van der Waals surface area (Å²) >= 11 is 4.02. The summed E-state index contributed by atoms with van der Waals surface area (Å²) in [6, 6.07) is -0.167. The number of fused-ring (bicyclic) bond motifs is 1. The van der Waals surface area contributed by atoms with Crippen LogP contribution in [0.2, 0.25) is 0 Å². The van der Waals surface area contributed by atoms with Gasteiger partial charge in [-0.2, -0.15) is 18.3 Å². The highest BCUT2D eigenvalue weighted by molar-refractivity contribution is 9.10. The van der Waals surface area contributed by atoms with Gasteiger partial charge in [-0.1, -0.05) is 0 Å². The first-order valence-electron chi connectivity index (χ1n) is 7.78. The van der Waals surface area contributed by atoms with Crippen LogP contribution in [0.5, 0.6) is 0 Å². The van der Waals surface area contributed by atoms with Crippen molar-refractivity contribution in [3.05, 3.63) is 33.5 Å². The summed E-state index contributed by atoms with van der Waals surface area (Å²) in [6.45, 7) is 0.607. The Morgan fingerprint density at radius 3 is 2.96 bits per heavy atom. The van der Waals surface area contributed by atoms with Crippen molar-refractivity contribution in [2.45, 2.75) is 31.6 Å². The van der Waals surface area contributed by atoms with Crippen LogP contribution in [-0.4, -0.2) is 41.9 Å². The number of thiazole rings is 1. The van der Waals surface area contributed by atoms with Crippen LogP contribution in [0.3, 0.4) is 0 Å². The lowest BCUT2D eigenvalue weighted by Crippen LogP contribution is -2.40. The summed E-state index contributed by atoms with van der Waals surface area (Å²) in [6.07, 6.45) is -2.08. The molecule has 0 bridgehead atoms. The smallest absolute Gasteiger partial charge is 0.347 e. The summed E-state index contributed by atoms with van der Waals surface area (Å²) < 4.78 is 40.5. The van der Waals surface area contributed by atoms with E-state index in [9.17, 15) is 18.0 Å². The first-order valence-corrected chi connectivity index (χ1v) is 9.45. The minimum atomic E-state index is -4.53. The van der Waals surface area contributed by atoms with Gasteiger partial charge in [0.1, 0.15) is 16.5 Å². The molecule has 3 aromatic rings. The number of aromatic nitrogens is 6. The molecule has 0 aromatic carbocycles. The monoisotopic (exact) mass is 461 g/mol. The summed E-state index contributed by atoms with van der Waals surface area (Å²) in [5.41, 5.74) is -0.687. The van der Waals surface area contributed by atoms with Crippen LogP contribution in [0, 0.1) is 0 Å². The molecule has 0 radical (unpaired) electrons. The summed E-state index contributed by atoms with van der Waals surface area (Å²) in [5.74, 6) is 0.293. The maximum atomic E-state index is 12.8. The quantitative estimate of drug-likeness (QED) is 0.624. The Hall–Kier alpha value is -2.28. The molecule has 1 atom stereocenters. The van der Waals surface area contributed by atoms with Crippen molar-refractivity contribution in [3.8, 4) is 10.6 Å². The number of aromatic amines is 1. The largest absolute Gasteiger partial charge is 0.434 e. The highest BCUT2D eigenvalue weighted by Gasteiger charge is 2.34. The van der Waals surface area contributed by atoms with Crippen molar-refractivity contribution < 1.29 is 18.0 Å². The summed E-state index contributed by atoms with van der Waals surface area (Å²) in [4.78, 5) is 20.4. The number of carbonyl (C=O) groups excluding carboxylic acids is 1. The van der Waals surface area contributed by atoms with Crippen molar-refractivity contribution in [3.63, 3.8) is 0 Å². The maximum Gasteiger partial charge on any atom is 0.434 e. The summed E-state index contributed by atoms with van der Waals surface area (Å²) in [5, 5.41) is 14.4. The molecule has 0 saturated heterocycles. The molecule has 142 valence electrons. The lowest BCUT2D eigenvalue weighted by Gasteiger charge is -2.23. The minimum Gasteiger partial charge on any atom is -0.347 e. The zero-order valence-electron chi connectivity index (χ0n) is 13.4. The maximum absolute atomic E-state index is 12.8. The average Bonchev–Trinajstić information content (AvgIpc) is 3.31. The van der Waals surface area contributed by atoms with E-state index in [-0.39, 0.29) is 22.3 Å². The second-order valence-corrected chi connectivity index (χ2v) is 7.45. The van der Waals surface area contributed by atoms with Gasteiger partial charge in [0.15, 0.2) is 5.69 Å². The molecule has 1 unspecified atom stereocenters. The van der Waals surface area contributed by atoms with Crippen LogP contribution < -0.4 is 5.32 Å². The molecule has 1 amide bonds. The third-order valence-corrected chi connectivity index (χ3v) is 5.28. The predicted molar refractivity (Wildman–Crippen MR) is 92.0 cm³/mol. The van der Waals surface area contributed by atoms with Crippen molar-refractivity contribution in [1.29, 1.82) is 0 Å². The average molecular weight is 462 g/mol. The molecule has 2 N–H and O–H groups in total. The van der Waals surface area contributed by atoms with E-state index >= 15 is 0 Å². The second-order valence-electron chi connectivity index (χ2n) is 5.88. The first kappa shape index (κ1) is 18.1. The van der Waals surface area contributed by atoms with Gasteiger partial charge in [-0.3, -0.25) is 9.89 Å². The van der Waals surface area contributed by atoms with Crippen LogP contribution >= 0.6 is 27.3 Å². The van der Waals surface area contributed by atoms with Gasteiger partial charge in [0.2, 0.25) is 4.73 Å². The zero-order valence-corrected chi connectivity index (χ0v) is 15.8.